The molecule has 26 heavy (non-hydrogen) atoms. The molecular formula is C24H24O2. The van der Waals surface area contributed by atoms with E-state index in [1.165, 1.54) is 16.7 Å². The molecule has 0 saturated heterocycles. The maximum absolute atomic E-state index is 12.1. The molecule has 3 aromatic rings. The van der Waals surface area contributed by atoms with Crippen LogP contribution in [0.5, 0.6) is 0 Å². The smallest absolute Gasteiger partial charge is 0.338 e. The van der Waals surface area contributed by atoms with E-state index in [0.29, 0.717) is 12.2 Å². The molecule has 2 nitrogen and oxygen atoms in total. The first-order chi connectivity index (χ1) is 12.6. The van der Waals surface area contributed by atoms with Crippen LogP contribution in [0.2, 0.25) is 0 Å². The molecule has 0 amide bonds. The van der Waals surface area contributed by atoms with E-state index in [1.54, 1.807) is 0 Å². The fourth-order valence-corrected chi connectivity index (χ4v) is 3.00. The number of rotatable bonds is 5. The molecule has 132 valence electrons. The summed E-state index contributed by atoms with van der Waals surface area (Å²) in [5.74, 6) is -0.264. The van der Waals surface area contributed by atoms with E-state index in [-0.39, 0.29) is 5.97 Å². The predicted molar refractivity (Wildman–Crippen MR) is 107 cm³/mol. The van der Waals surface area contributed by atoms with E-state index in [9.17, 15) is 4.79 Å². The Bertz CT molecular complexity index is 890. The zero-order chi connectivity index (χ0) is 18.5. The largest absolute Gasteiger partial charge is 0.462 e. The molecule has 0 radical (unpaired) electrons. The number of ether oxygens (including phenoxy) is 1. The van der Waals surface area contributed by atoms with E-state index in [4.69, 9.17) is 4.74 Å². The maximum atomic E-state index is 12.1. The lowest BCUT2D eigenvalue weighted by molar-refractivity contribution is 0.0526. The lowest BCUT2D eigenvalue weighted by Crippen LogP contribution is -2.05. The fraction of sp³-hybridized carbons (Fsp3) is 0.208. The van der Waals surface area contributed by atoms with Gasteiger partial charge in [-0.1, -0.05) is 67.1 Å². The van der Waals surface area contributed by atoms with Gasteiger partial charge in [0.2, 0.25) is 0 Å². The van der Waals surface area contributed by atoms with E-state index in [1.807, 2.05) is 19.1 Å². The molecule has 0 fully saturated rings. The second-order valence-electron chi connectivity index (χ2n) is 6.44. The van der Waals surface area contributed by atoms with Gasteiger partial charge in [-0.15, -0.1) is 0 Å². The second-order valence-corrected chi connectivity index (χ2v) is 6.44. The lowest BCUT2D eigenvalue weighted by atomic mass is 9.96. The number of carbonyl (C=O) groups excluding carboxylic acids is 1. The van der Waals surface area contributed by atoms with Crippen molar-refractivity contribution in [3.8, 4) is 22.3 Å². The van der Waals surface area contributed by atoms with Gasteiger partial charge in [0.1, 0.15) is 0 Å². The van der Waals surface area contributed by atoms with Crippen LogP contribution in [0.4, 0.5) is 0 Å². The molecule has 3 rings (SSSR count). The first-order valence-corrected chi connectivity index (χ1v) is 9.09. The monoisotopic (exact) mass is 344 g/mol. The summed E-state index contributed by atoms with van der Waals surface area (Å²) in [6, 6.07) is 23.0. The van der Waals surface area contributed by atoms with Gasteiger partial charge in [0, 0.05) is 0 Å². The van der Waals surface area contributed by atoms with E-state index >= 15 is 0 Å². The van der Waals surface area contributed by atoms with Crippen LogP contribution < -0.4 is 0 Å². The van der Waals surface area contributed by atoms with Gasteiger partial charge >= 0.3 is 5.97 Å². The van der Waals surface area contributed by atoms with Gasteiger partial charge in [-0.3, -0.25) is 0 Å². The maximum Gasteiger partial charge on any atom is 0.338 e. The van der Waals surface area contributed by atoms with Crippen molar-refractivity contribution in [1.82, 2.24) is 0 Å². The Labute approximate surface area is 155 Å². The van der Waals surface area contributed by atoms with Crippen LogP contribution >= 0.6 is 0 Å². The van der Waals surface area contributed by atoms with E-state index < -0.39 is 0 Å². The fourth-order valence-electron chi connectivity index (χ4n) is 3.00. The standard InChI is InChI=1S/C24H24O2/c1-4-18-14-22(16-23(15-18)24(25)26-5-2)21-12-10-20(11-13-21)19-8-6-17(3)7-9-19/h6-16H,4-5H2,1-3H3. The van der Waals surface area contributed by atoms with Crippen molar-refractivity contribution in [3.05, 3.63) is 83.4 Å². The number of hydrogen-bond acceptors (Lipinski definition) is 2. The van der Waals surface area contributed by atoms with Crippen molar-refractivity contribution in [2.45, 2.75) is 27.2 Å². The Morgan fingerprint density at radius 3 is 1.85 bits per heavy atom. The van der Waals surface area contributed by atoms with Crippen LogP contribution in [0.1, 0.15) is 35.3 Å². The average molecular weight is 344 g/mol. The Morgan fingerprint density at radius 1 is 0.769 bits per heavy atom. The summed E-state index contributed by atoms with van der Waals surface area (Å²) in [7, 11) is 0. The number of carbonyl (C=O) groups is 1. The number of aryl methyl sites for hydroxylation is 2. The summed E-state index contributed by atoms with van der Waals surface area (Å²) in [5, 5.41) is 0. The summed E-state index contributed by atoms with van der Waals surface area (Å²) in [6.07, 6.45) is 0.877. The third-order valence-corrected chi connectivity index (χ3v) is 4.52. The molecule has 0 aromatic heterocycles. The first-order valence-electron chi connectivity index (χ1n) is 9.09. The summed E-state index contributed by atoms with van der Waals surface area (Å²) in [6.45, 7) is 6.39. The van der Waals surface area contributed by atoms with Gasteiger partial charge in [-0.05, 0) is 60.2 Å². The number of hydrogen-bond donors (Lipinski definition) is 0. The molecule has 0 heterocycles. The van der Waals surface area contributed by atoms with Crippen molar-refractivity contribution in [3.63, 3.8) is 0 Å². The van der Waals surface area contributed by atoms with Crippen molar-refractivity contribution in [2.75, 3.05) is 6.61 Å². The van der Waals surface area contributed by atoms with E-state index in [2.05, 4.69) is 68.4 Å². The normalized spacial score (nSPS) is 10.6. The van der Waals surface area contributed by atoms with Gasteiger partial charge in [0.15, 0.2) is 0 Å². The summed E-state index contributed by atoms with van der Waals surface area (Å²) >= 11 is 0. The van der Waals surface area contributed by atoms with Crippen LogP contribution in [0.15, 0.2) is 66.7 Å². The third kappa shape index (κ3) is 4.02. The van der Waals surface area contributed by atoms with Gasteiger partial charge < -0.3 is 4.74 Å². The summed E-state index contributed by atoms with van der Waals surface area (Å²) in [5.41, 5.74) is 7.54. The molecule has 0 bridgehead atoms. The molecule has 0 aliphatic heterocycles. The molecule has 0 unspecified atom stereocenters. The highest BCUT2D eigenvalue weighted by Crippen LogP contribution is 2.27. The minimum atomic E-state index is -0.264. The van der Waals surface area contributed by atoms with Crippen LogP contribution in [0.25, 0.3) is 22.3 Å². The van der Waals surface area contributed by atoms with Gasteiger partial charge in [-0.25, -0.2) is 4.79 Å². The Morgan fingerprint density at radius 2 is 1.31 bits per heavy atom. The van der Waals surface area contributed by atoms with Crippen LogP contribution in [0.3, 0.4) is 0 Å². The van der Waals surface area contributed by atoms with Crippen LogP contribution in [-0.2, 0) is 11.2 Å². The summed E-state index contributed by atoms with van der Waals surface area (Å²) in [4.78, 5) is 12.1. The van der Waals surface area contributed by atoms with Crippen molar-refractivity contribution < 1.29 is 9.53 Å². The van der Waals surface area contributed by atoms with Gasteiger partial charge in [-0.2, -0.15) is 0 Å². The quantitative estimate of drug-likeness (QED) is 0.525. The third-order valence-electron chi connectivity index (χ3n) is 4.52. The van der Waals surface area contributed by atoms with Gasteiger partial charge in [0.05, 0.1) is 12.2 Å². The molecule has 0 atom stereocenters. The highest BCUT2D eigenvalue weighted by atomic mass is 16.5. The molecule has 3 aromatic carbocycles. The van der Waals surface area contributed by atoms with E-state index in [0.717, 1.165) is 23.1 Å². The molecule has 0 N–H and O–H groups in total. The highest BCUT2D eigenvalue weighted by Gasteiger charge is 2.10. The van der Waals surface area contributed by atoms with Crippen LogP contribution in [0, 0.1) is 6.92 Å². The second kappa shape index (κ2) is 8.01. The number of esters is 1. The minimum Gasteiger partial charge on any atom is -0.462 e. The molecule has 0 saturated carbocycles. The zero-order valence-electron chi connectivity index (χ0n) is 15.6. The predicted octanol–water partition coefficient (Wildman–Crippen LogP) is 6.07. The minimum absolute atomic E-state index is 0.264. The average Bonchev–Trinajstić information content (AvgIpc) is 2.68. The topological polar surface area (TPSA) is 26.3 Å². The molecule has 0 spiro atoms. The highest BCUT2D eigenvalue weighted by molar-refractivity contribution is 5.91. The Hall–Kier alpha value is -2.87. The molecule has 0 aliphatic rings. The van der Waals surface area contributed by atoms with Crippen molar-refractivity contribution in [2.24, 2.45) is 0 Å². The number of benzene rings is 3. The molecule has 2 heteroatoms. The summed E-state index contributed by atoms with van der Waals surface area (Å²) < 4.78 is 5.17. The van der Waals surface area contributed by atoms with Crippen molar-refractivity contribution in [1.29, 1.82) is 0 Å². The molecular weight excluding hydrogens is 320 g/mol. The zero-order valence-corrected chi connectivity index (χ0v) is 15.6. The molecule has 0 aliphatic carbocycles. The van der Waals surface area contributed by atoms with Crippen LogP contribution in [-0.4, -0.2) is 12.6 Å². The first kappa shape index (κ1) is 17.9. The van der Waals surface area contributed by atoms with Crippen molar-refractivity contribution >= 4 is 5.97 Å². The van der Waals surface area contributed by atoms with Gasteiger partial charge in [0.25, 0.3) is 0 Å². The Balaban J connectivity index is 1.94. The lowest BCUT2D eigenvalue weighted by Gasteiger charge is -2.10. The Kier molecular flexibility index (Phi) is 5.52. The SMILES string of the molecule is CCOC(=O)c1cc(CC)cc(-c2ccc(-c3ccc(C)cc3)cc2)c1.